The van der Waals surface area contributed by atoms with Crippen molar-refractivity contribution >= 4 is 31.5 Å². The second-order valence-corrected chi connectivity index (χ2v) is 11.1. The zero-order chi connectivity index (χ0) is 23.2. The highest BCUT2D eigenvalue weighted by atomic mass is 32.2. The van der Waals surface area contributed by atoms with Crippen molar-refractivity contribution < 1.29 is 13.6 Å². The fraction of sp³-hybridized carbons (Fsp3) is 0.481. The van der Waals surface area contributed by atoms with Gasteiger partial charge in [0.05, 0.1) is 19.4 Å². The molecule has 5 heteroatoms. The van der Waals surface area contributed by atoms with Gasteiger partial charge in [0.2, 0.25) is 0 Å². The van der Waals surface area contributed by atoms with Crippen LogP contribution in [0.1, 0.15) is 70.1 Å². The van der Waals surface area contributed by atoms with Gasteiger partial charge in [-0.15, -0.1) is 11.8 Å². The maximum absolute atomic E-state index is 12.7. The highest BCUT2D eigenvalue weighted by Gasteiger charge is 2.23. The van der Waals surface area contributed by atoms with Crippen LogP contribution in [-0.2, 0) is 19.8 Å². The van der Waals surface area contributed by atoms with E-state index in [1.165, 1.54) is 41.9 Å². The van der Waals surface area contributed by atoms with Crippen LogP contribution < -0.4 is 0 Å². The molecule has 2 rings (SSSR count). The average Bonchev–Trinajstić information content (AvgIpc) is 2.80. The standard InChI is InChI=1S/C27H39O3PS/c1-5-9-10-23(6-2)22-32-27-19-17-25(18-20-27)12-11-24-13-15-26(16-14-24)21-31(28,29-7-3)30-8-4/h11-20,23H,5-10,21-22H2,1-4H3/b12-11+. The van der Waals surface area contributed by atoms with Gasteiger partial charge in [0.1, 0.15) is 0 Å². The predicted octanol–water partition coefficient (Wildman–Crippen LogP) is 8.93. The van der Waals surface area contributed by atoms with E-state index in [9.17, 15) is 4.57 Å². The van der Waals surface area contributed by atoms with Crippen LogP contribution in [0.25, 0.3) is 12.2 Å². The second-order valence-electron chi connectivity index (χ2n) is 7.98. The van der Waals surface area contributed by atoms with Crippen molar-refractivity contribution in [1.82, 2.24) is 0 Å². The van der Waals surface area contributed by atoms with Gasteiger partial charge in [-0.2, -0.15) is 0 Å². The smallest absolute Gasteiger partial charge is 0.309 e. The Morgan fingerprint density at radius 2 is 1.44 bits per heavy atom. The molecule has 1 atom stereocenters. The molecule has 0 spiro atoms. The third kappa shape index (κ3) is 9.67. The van der Waals surface area contributed by atoms with Crippen molar-refractivity contribution in [3.63, 3.8) is 0 Å². The molecule has 0 amide bonds. The second kappa shape index (κ2) is 14.8. The minimum absolute atomic E-state index is 0.301. The van der Waals surface area contributed by atoms with E-state index in [1.54, 1.807) is 0 Å². The summed E-state index contributed by atoms with van der Waals surface area (Å²) in [6.07, 6.45) is 9.76. The van der Waals surface area contributed by atoms with Gasteiger partial charge in [-0.1, -0.05) is 81.7 Å². The third-order valence-electron chi connectivity index (χ3n) is 5.38. The molecule has 0 aliphatic carbocycles. The van der Waals surface area contributed by atoms with Crippen LogP contribution in [0, 0.1) is 5.92 Å². The molecule has 0 aliphatic rings. The highest BCUT2D eigenvalue weighted by molar-refractivity contribution is 7.99. The van der Waals surface area contributed by atoms with Crippen LogP contribution in [0.15, 0.2) is 53.4 Å². The molecular weight excluding hydrogens is 435 g/mol. The van der Waals surface area contributed by atoms with Crippen molar-refractivity contribution in [2.24, 2.45) is 5.92 Å². The first-order valence-electron chi connectivity index (χ1n) is 11.9. The first-order chi connectivity index (χ1) is 15.5. The van der Waals surface area contributed by atoms with E-state index in [1.807, 2.05) is 49.9 Å². The van der Waals surface area contributed by atoms with Crippen LogP contribution in [0.5, 0.6) is 0 Å². The normalized spacial score (nSPS) is 13.0. The van der Waals surface area contributed by atoms with Gasteiger partial charge >= 0.3 is 7.60 Å². The number of unbranched alkanes of at least 4 members (excludes halogenated alkanes) is 1. The van der Waals surface area contributed by atoms with E-state index in [4.69, 9.17) is 9.05 Å². The lowest BCUT2D eigenvalue weighted by Crippen LogP contribution is -2.01. The molecule has 176 valence electrons. The van der Waals surface area contributed by atoms with Gasteiger partial charge < -0.3 is 9.05 Å². The number of hydrogen-bond acceptors (Lipinski definition) is 4. The molecule has 0 saturated heterocycles. The largest absolute Gasteiger partial charge is 0.335 e. The van der Waals surface area contributed by atoms with Crippen LogP contribution in [0.2, 0.25) is 0 Å². The summed E-state index contributed by atoms with van der Waals surface area (Å²) in [4.78, 5) is 1.34. The lowest BCUT2D eigenvalue weighted by molar-refractivity contribution is 0.219. The van der Waals surface area contributed by atoms with Crippen molar-refractivity contribution in [1.29, 1.82) is 0 Å². The number of thioether (sulfide) groups is 1. The highest BCUT2D eigenvalue weighted by Crippen LogP contribution is 2.51. The Morgan fingerprint density at radius 3 is 1.94 bits per heavy atom. The molecular formula is C27H39O3PS. The Hall–Kier alpha value is -1.32. The van der Waals surface area contributed by atoms with Crippen molar-refractivity contribution in [3.05, 3.63) is 65.2 Å². The topological polar surface area (TPSA) is 35.5 Å². The minimum Gasteiger partial charge on any atom is -0.309 e. The summed E-state index contributed by atoms with van der Waals surface area (Å²) in [6.45, 7) is 9.00. The summed E-state index contributed by atoms with van der Waals surface area (Å²) in [5.41, 5.74) is 3.25. The van der Waals surface area contributed by atoms with E-state index >= 15 is 0 Å². The molecule has 0 bridgehead atoms. The van der Waals surface area contributed by atoms with E-state index in [-0.39, 0.29) is 0 Å². The van der Waals surface area contributed by atoms with Gasteiger partial charge in [0.15, 0.2) is 0 Å². The zero-order valence-corrected chi connectivity index (χ0v) is 21.8. The fourth-order valence-electron chi connectivity index (χ4n) is 3.46. The van der Waals surface area contributed by atoms with Gasteiger partial charge in [-0.05, 0) is 55.0 Å². The average molecular weight is 475 g/mol. The van der Waals surface area contributed by atoms with E-state index < -0.39 is 7.60 Å². The minimum atomic E-state index is -3.06. The molecule has 0 N–H and O–H groups in total. The molecule has 1 unspecified atom stereocenters. The summed E-state index contributed by atoms with van der Waals surface area (Å²) in [5.74, 6) is 2.02. The fourth-order valence-corrected chi connectivity index (χ4v) is 6.32. The molecule has 0 aliphatic heterocycles. The Morgan fingerprint density at radius 1 is 0.875 bits per heavy atom. The molecule has 2 aromatic carbocycles. The lowest BCUT2D eigenvalue weighted by atomic mass is 10.0. The van der Waals surface area contributed by atoms with Crippen LogP contribution in [-0.4, -0.2) is 19.0 Å². The quantitative estimate of drug-likeness (QED) is 0.147. The molecule has 0 heterocycles. The molecule has 3 nitrogen and oxygen atoms in total. The monoisotopic (exact) mass is 474 g/mol. The number of rotatable bonds is 15. The molecule has 0 aromatic heterocycles. The van der Waals surface area contributed by atoms with Crippen molar-refractivity contribution in [2.75, 3.05) is 19.0 Å². The number of benzene rings is 2. The van der Waals surface area contributed by atoms with Crippen molar-refractivity contribution in [3.8, 4) is 0 Å². The Labute approximate surface area is 199 Å². The molecule has 0 fully saturated rings. The molecule has 0 radical (unpaired) electrons. The first kappa shape index (κ1) is 26.9. The maximum Gasteiger partial charge on any atom is 0.335 e. The summed E-state index contributed by atoms with van der Waals surface area (Å²) < 4.78 is 23.5. The van der Waals surface area contributed by atoms with E-state index in [2.05, 4.69) is 50.3 Å². The Balaban J connectivity index is 1.90. The zero-order valence-electron chi connectivity index (χ0n) is 20.1. The Bertz CT molecular complexity index is 836. The Kier molecular flexibility index (Phi) is 12.4. The first-order valence-corrected chi connectivity index (χ1v) is 14.6. The van der Waals surface area contributed by atoms with Gasteiger partial charge in [0, 0.05) is 10.6 Å². The molecule has 0 saturated carbocycles. The van der Waals surface area contributed by atoms with Gasteiger partial charge in [0.25, 0.3) is 0 Å². The van der Waals surface area contributed by atoms with Gasteiger partial charge in [-0.25, -0.2) is 0 Å². The lowest BCUT2D eigenvalue weighted by Gasteiger charge is -2.16. The number of hydrogen-bond donors (Lipinski definition) is 0. The maximum atomic E-state index is 12.7. The predicted molar refractivity (Wildman–Crippen MR) is 140 cm³/mol. The van der Waals surface area contributed by atoms with E-state index in [0.717, 1.165) is 17.0 Å². The molecule has 32 heavy (non-hydrogen) atoms. The summed E-state index contributed by atoms with van der Waals surface area (Å²) >= 11 is 1.97. The summed E-state index contributed by atoms with van der Waals surface area (Å²) in [7, 11) is -3.06. The van der Waals surface area contributed by atoms with Gasteiger partial charge in [-0.3, -0.25) is 4.57 Å². The van der Waals surface area contributed by atoms with Crippen LogP contribution in [0.4, 0.5) is 0 Å². The van der Waals surface area contributed by atoms with Crippen LogP contribution in [0.3, 0.4) is 0 Å². The van der Waals surface area contributed by atoms with E-state index in [0.29, 0.717) is 19.4 Å². The summed E-state index contributed by atoms with van der Waals surface area (Å²) in [5, 5.41) is 0. The van der Waals surface area contributed by atoms with Crippen molar-refractivity contribution in [2.45, 2.75) is 64.4 Å². The summed E-state index contributed by atoms with van der Waals surface area (Å²) in [6, 6.07) is 16.9. The van der Waals surface area contributed by atoms with Crippen LogP contribution >= 0.6 is 19.4 Å². The SMILES string of the molecule is CCCCC(CC)CSc1ccc(/C=C/c2ccc(CP(=O)(OCC)OCC)cc2)cc1. The third-order valence-corrected chi connectivity index (χ3v) is 8.68. The molecule has 2 aromatic rings.